The number of nitrogens with one attached hydrogen (secondary N) is 2. The van der Waals surface area contributed by atoms with Crippen molar-refractivity contribution < 1.29 is 14.3 Å². The van der Waals surface area contributed by atoms with Gasteiger partial charge in [-0.05, 0) is 38.1 Å². The van der Waals surface area contributed by atoms with Gasteiger partial charge in [0.15, 0.2) is 0 Å². The lowest BCUT2D eigenvalue weighted by molar-refractivity contribution is -0.126. The summed E-state index contributed by atoms with van der Waals surface area (Å²) in [5, 5.41) is 14.5. The van der Waals surface area contributed by atoms with E-state index in [9.17, 15) is 14.9 Å². The molecule has 2 rings (SSSR count). The average molecular weight is 299 g/mol. The first-order valence-corrected chi connectivity index (χ1v) is 6.99. The molecule has 1 aliphatic heterocycles. The molecule has 0 radical (unpaired) electrons. The Kier molecular flexibility index (Phi) is 4.79. The monoisotopic (exact) mass is 299 g/mol. The zero-order valence-electron chi connectivity index (χ0n) is 12.5. The highest BCUT2D eigenvalue weighted by atomic mass is 16.5. The number of ether oxygens (including phenoxy) is 1. The highest BCUT2D eigenvalue weighted by molar-refractivity contribution is 5.99. The number of benzene rings is 1. The van der Waals surface area contributed by atoms with Gasteiger partial charge in [0, 0.05) is 17.8 Å². The predicted octanol–water partition coefficient (Wildman–Crippen LogP) is 1.96. The summed E-state index contributed by atoms with van der Waals surface area (Å²) < 4.78 is 5.33. The molecule has 0 unspecified atom stereocenters. The fraction of sp³-hybridized carbons (Fsp3) is 0.312. The average Bonchev–Trinajstić information content (AvgIpc) is 2.49. The van der Waals surface area contributed by atoms with Crippen molar-refractivity contribution in [3.8, 4) is 11.8 Å². The second kappa shape index (κ2) is 6.76. The van der Waals surface area contributed by atoms with Crippen LogP contribution in [-0.2, 0) is 9.59 Å². The molecule has 1 heterocycles. The Morgan fingerprint density at radius 1 is 1.45 bits per heavy atom. The highest BCUT2D eigenvalue weighted by Gasteiger charge is 2.31. The van der Waals surface area contributed by atoms with E-state index in [-0.39, 0.29) is 18.2 Å². The smallest absolute Gasteiger partial charge is 0.233 e. The second-order valence-corrected chi connectivity index (χ2v) is 4.90. The van der Waals surface area contributed by atoms with E-state index in [4.69, 9.17) is 4.74 Å². The number of hydrogen-bond acceptors (Lipinski definition) is 4. The van der Waals surface area contributed by atoms with E-state index in [1.807, 2.05) is 13.0 Å². The van der Waals surface area contributed by atoms with Crippen LogP contribution in [0.25, 0.3) is 0 Å². The molecule has 0 aromatic heterocycles. The minimum atomic E-state index is -0.759. The Balaban J connectivity index is 2.12. The molecule has 6 heteroatoms. The Morgan fingerprint density at radius 3 is 2.73 bits per heavy atom. The number of anilines is 1. The van der Waals surface area contributed by atoms with E-state index in [1.54, 1.807) is 31.2 Å². The van der Waals surface area contributed by atoms with Crippen LogP contribution in [0.5, 0.6) is 5.75 Å². The van der Waals surface area contributed by atoms with Crippen LogP contribution in [-0.4, -0.2) is 18.4 Å². The van der Waals surface area contributed by atoms with E-state index in [0.29, 0.717) is 29.3 Å². The molecule has 22 heavy (non-hydrogen) atoms. The summed E-state index contributed by atoms with van der Waals surface area (Å²) in [7, 11) is 0. The zero-order valence-corrected chi connectivity index (χ0v) is 12.5. The van der Waals surface area contributed by atoms with Gasteiger partial charge in [-0.3, -0.25) is 9.59 Å². The predicted molar refractivity (Wildman–Crippen MR) is 80.8 cm³/mol. The number of hydrogen-bond donors (Lipinski definition) is 2. The first-order chi connectivity index (χ1) is 10.5. The van der Waals surface area contributed by atoms with Gasteiger partial charge in [-0.15, -0.1) is 0 Å². The first-order valence-electron chi connectivity index (χ1n) is 6.99. The van der Waals surface area contributed by atoms with Crippen LogP contribution in [0.1, 0.15) is 20.3 Å². The molecule has 1 aromatic rings. The van der Waals surface area contributed by atoms with Crippen LogP contribution < -0.4 is 15.4 Å². The van der Waals surface area contributed by atoms with Gasteiger partial charge in [0.2, 0.25) is 11.8 Å². The standard InChI is InChI=1S/C16H17N3O3/c1-3-22-12-6-4-11(5-7-12)19-16(21)13-8-15(20)18-10(2)14(13)9-17/h4-7,13H,3,8H2,1-2H3,(H,18,20)(H,19,21)/t13-/m0/s1. The summed E-state index contributed by atoms with van der Waals surface area (Å²) in [6.07, 6.45) is -0.0247. The molecule has 2 N–H and O–H groups in total. The van der Waals surface area contributed by atoms with Crippen LogP contribution in [0.3, 0.4) is 0 Å². The molecule has 1 aliphatic rings. The Bertz CT molecular complexity index is 656. The first kappa shape index (κ1) is 15.6. The minimum Gasteiger partial charge on any atom is -0.494 e. The third-order valence-corrected chi connectivity index (χ3v) is 3.34. The fourth-order valence-electron chi connectivity index (χ4n) is 2.29. The molecule has 1 aromatic carbocycles. The molecular weight excluding hydrogens is 282 g/mol. The molecule has 2 amide bonds. The van der Waals surface area contributed by atoms with Gasteiger partial charge in [-0.2, -0.15) is 5.26 Å². The summed E-state index contributed by atoms with van der Waals surface area (Å²) in [5.41, 5.74) is 1.32. The molecule has 0 bridgehead atoms. The molecule has 0 aliphatic carbocycles. The summed E-state index contributed by atoms with van der Waals surface area (Å²) in [5.74, 6) is -0.672. The van der Waals surface area contributed by atoms with E-state index >= 15 is 0 Å². The van der Waals surface area contributed by atoms with E-state index < -0.39 is 5.92 Å². The number of nitrogens with zero attached hydrogens (tertiary/aromatic N) is 1. The van der Waals surface area contributed by atoms with Crippen molar-refractivity contribution in [3.05, 3.63) is 35.5 Å². The second-order valence-electron chi connectivity index (χ2n) is 4.90. The number of allylic oxidation sites excluding steroid dienone is 1. The van der Waals surface area contributed by atoms with Gasteiger partial charge in [0.1, 0.15) is 5.75 Å². The number of amides is 2. The minimum absolute atomic E-state index is 0.0247. The quantitative estimate of drug-likeness (QED) is 0.889. The van der Waals surface area contributed by atoms with Crippen LogP contribution >= 0.6 is 0 Å². The van der Waals surface area contributed by atoms with Crippen LogP contribution in [0.15, 0.2) is 35.5 Å². The molecular formula is C16H17N3O3. The molecule has 0 fully saturated rings. The topological polar surface area (TPSA) is 91.2 Å². The molecule has 6 nitrogen and oxygen atoms in total. The molecule has 0 spiro atoms. The van der Waals surface area contributed by atoms with Crippen molar-refractivity contribution in [3.63, 3.8) is 0 Å². The van der Waals surface area contributed by atoms with Gasteiger partial charge in [0.05, 0.1) is 24.2 Å². The van der Waals surface area contributed by atoms with Crippen LogP contribution in [0, 0.1) is 17.2 Å². The SMILES string of the molecule is CCOc1ccc(NC(=O)[C@H]2CC(=O)NC(C)=C2C#N)cc1. The summed E-state index contributed by atoms with van der Waals surface area (Å²) in [6, 6.07) is 8.93. The lowest BCUT2D eigenvalue weighted by Gasteiger charge is -2.22. The summed E-state index contributed by atoms with van der Waals surface area (Å²) in [6.45, 7) is 4.08. The van der Waals surface area contributed by atoms with Crippen molar-refractivity contribution in [2.45, 2.75) is 20.3 Å². The molecule has 0 saturated carbocycles. The normalized spacial score (nSPS) is 17.5. The molecule has 0 saturated heterocycles. The third kappa shape index (κ3) is 3.44. The van der Waals surface area contributed by atoms with E-state index in [1.165, 1.54) is 0 Å². The fourth-order valence-corrected chi connectivity index (χ4v) is 2.29. The molecule has 114 valence electrons. The maximum Gasteiger partial charge on any atom is 0.233 e. The van der Waals surface area contributed by atoms with Crippen molar-refractivity contribution in [1.82, 2.24) is 5.32 Å². The van der Waals surface area contributed by atoms with Gasteiger partial charge in [-0.25, -0.2) is 0 Å². The summed E-state index contributed by atoms with van der Waals surface area (Å²) in [4.78, 5) is 23.9. The van der Waals surface area contributed by atoms with Crippen molar-refractivity contribution >= 4 is 17.5 Å². The third-order valence-electron chi connectivity index (χ3n) is 3.34. The van der Waals surface area contributed by atoms with E-state index in [0.717, 1.165) is 0 Å². The van der Waals surface area contributed by atoms with E-state index in [2.05, 4.69) is 10.6 Å². The van der Waals surface area contributed by atoms with Crippen molar-refractivity contribution in [2.75, 3.05) is 11.9 Å². The number of carbonyl (C=O) groups excluding carboxylic acids is 2. The Morgan fingerprint density at radius 2 is 2.14 bits per heavy atom. The van der Waals surface area contributed by atoms with Crippen LogP contribution in [0.4, 0.5) is 5.69 Å². The lowest BCUT2D eigenvalue weighted by atomic mass is 9.90. The summed E-state index contributed by atoms with van der Waals surface area (Å²) >= 11 is 0. The van der Waals surface area contributed by atoms with Gasteiger partial charge < -0.3 is 15.4 Å². The number of carbonyl (C=O) groups is 2. The largest absolute Gasteiger partial charge is 0.494 e. The van der Waals surface area contributed by atoms with Crippen molar-refractivity contribution in [1.29, 1.82) is 5.26 Å². The molecule has 1 atom stereocenters. The maximum absolute atomic E-state index is 12.3. The van der Waals surface area contributed by atoms with Gasteiger partial charge in [0.25, 0.3) is 0 Å². The van der Waals surface area contributed by atoms with Crippen LogP contribution in [0.2, 0.25) is 0 Å². The Labute approximate surface area is 128 Å². The maximum atomic E-state index is 12.3. The van der Waals surface area contributed by atoms with Gasteiger partial charge in [-0.1, -0.05) is 0 Å². The number of nitriles is 1. The van der Waals surface area contributed by atoms with Gasteiger partial charge >= 0.3 is 0 Å². The Hall–Kier alpha value is -2.81. The number of rotatable bonds is 4. The zero-order chi connectivity index (χ0) is 16.1. The lowest BCUT2D eigenvalue weighted by Crippen LogP contribution is -2.37. The highest BCUT2D eigenvalue weighted by Crippen LogP contribution is 2.24. The van der Waals surface area contributed by atoms with Crippen molar-refractivity contribution in [2.24, 2.45) is 5.92 Å².